The van der Waals surface area contributed by atoms with Crippen molar-refractivity contribution >= 4 is 15.7 Å². The van der Waals surface area contributed by atoms with E-state index in [-0.39, 0.29) is 0 Å². The van der Waals surface area contributed by atoms with E-state index < -0.39 is 10.0 Å². The molecule has 0 unspecified atom stereocenters. The lowest BCUT2D eigenvalue weighted by atomic mass is 10.1. The smallest absolute Gasteiger partial charge is 0.240 e. The van der Waals surface area contributed by atoms with Gasteiger partial charge in [-0.05, 0) is 55.5 Å². The van der Waals surface area contributed by atoms with E-state index in [1.54, 1.807) is 24.3 Å². The van der Waals surface area contributed by atoms with Crippen molar-refractivity contribution in [2.45, 2.75) is 30.6 Å². The average molecular weight is 344 g/mol. The summed E-state index contributed by atoms with van der Waals surface area (Å²) >= 11 is 0. The number of sulfonamides is 1. The maximum absolute atomic E-state index is 12.1. The topological polar surface area (TPSA) is 49.4 Å². The molecule has 128 valence electrons. The Hall–Kier alpha value is -1.85. The normalized spacial score (nSPS) is 14.9. The van der Waals surface area contributed by atoms with Gasteiger partial charge in [-0.3, -0.25) is 0 Å². The first-order valence-corrected chi connectivity index (χ1v) is 10.0. The molecule has 0 aliphatic carbocycles. The summed E-state index contributed by atoms with van der Waals surface area (Å²) in [5.41, 5.74) is 2.54. The van der Waals surface area contributed by atoms with Crippen molar-refractivity contribution in [2.75, 3.05) is 24.5 Å². The van der Waals surface area contributed by atoms with Gasteiger partial charge in [0.15, 0.2) is 0 Å². The highest BCUT2D eigenvalue weighted by molar-refractivity contribution is 7.89. The fourth-order valence-corrected chi connectivity index (χ4v) is 4.13. The summed E-state index contributed by atoms with van der Waals surface area (Å²) in [5, 5.41) is 0. The summed E-state index contributed by atoms with van der Waals surface area (Å²) in [5.74, 6) is 0. The molecule has 24 heavy (non-hydrogen) atoms. The van der Waals surface area contributed by atoms with E-state index in [9.17, 15) is 8.42 Å². The molecule has 1 aliphatic rings. The Balaban J connectivity index is 1.46. The van der Waals surface area contributed by atoms with Gasteiger partial charge in [-0.15, -0.1) is 0 Å². The fourth-order valence-electron chi connectivity index (χ4n) is 3.03. The summed E-state index contributed by atoms with van der Waals surface area (Å²) in [6, 6.07) is 17.2. The Labute approximate surface area is 144 Å². The maximum atomic E-state index is 12.1. The largest absolute Gasteiger partial charge is 0.372 e. The minimum atomic E-state index is -3.39. The summed E-state index contributed by atoms with van der Waals surface area (Å²) in [7, 11) is -3.39. The van der Waals surface area contributed by atoms with Gasteiger partial charge in [0.2, 0.25) is 10.0 Å². The first-order chi connectivity index (χ1) is 11.6. The number of anilines is 1. The van der Waals surface area contributed by atoms with Gasteiger partial charge in [-0.25, -0.2) is 13.1 Å². The minimum absolute atomic E-state index is 0.319. The summed E-state index contributed by atoms with van der Waals surface area (Å²) in [6.45, 7) is 2.76. The molecule has 0 spiro atoms. The minimum Gasteiger partial charge on any atom is -0.372 e. The van der Waals surface area contributed by atoms with Crippen LogP contribution in [0.3, 0.4) is 0 Å². The van der Waals surface area contributed by atoms with Crippen molar-refractivity contribution in [3.05, 3.63) is 60.2 Å². The van der Waals surface area contributed by atoms with Crippen LogP contribution in [0.2, 0.25) is 0 Å². The summed E-state index contributed by atoms with van der Waals surface area (Å²) < 4.78 is 26.9. The van der Waals surface area contributed by atoms with Crippen LogP contribution in [0.4, 0.5) is 5.69 Å². The van der Waals surface area contributed by atoms with Crippen LogP contribution in [-0.2, 0) is 16.4 Å². The lowest BCUT2D eigenvalue weighted by molar-refractivity contribution is 0.579. The molecule has 0 atom stereocenters. The molecular formula is C19H24N2O2S. The molecule has 0 saturated carbocycles. The molecule has 3 rings (SSSR count). The second kappa shape index (κ2) is 7.81. The molecule has 0 radical (unpaired) electrons. The lowest BCUT2D eigenvalue weighted by Gasteiger charge is -2.17. The molecule has 1 heterocycles. The molecule has 0 amide bonds. The van der Waals surface area contributed by atoms with Crippen LogP contribution >= 0.6 is 0 Å². The molecule has 1 fully saturated rings. The van der Waals surface area contributed by atoms with Gasteiger partial charge >= 0.3 is 0 Å². The van der Waals surface area contributed by atoms with Crippen LogP contribution in [-0.4, -0.2) is 28.1 Å². The van der Waals surface area contributed by atoms with Crippen LogP contribution in [0.1, 0.15) is 24.8 Å². The van der Waals surface area contributed by atoms with Crippen LogP contribution in [0, 0.1) is 0 Å². The van der Waals surface area contributed by atoms with Gasteiger partial charge < -0.3 is 4.90 Å². The molecule has 0 bridgehead atoms. The molecule has 2 aromatic carbocycles. The van der Waals surface area contributed by atoms with E-state index in [1.807, 2.05) is 6.07 Å². The molecular weight excluding hydrogens is 320 g/mol. The van der Waals surface area contributed by atoms with Crippen molar-refractivity contribution in [3.8, 4) is 0 Å². The highest BCUT2D eigenvalue weighted by atomic mass is 32.2. The summed E-state index contributed by atoms with van der Waals surface area (Å²) in [6.07, 6.45) is 4.22. The predicted molar refractivity (Wildman–Crippen MR) is 97.8 cm³/mol. The number of rotatable bonds is 7. The molecule has 1 N–H and O–H groups in total. The van der Waals surface area contributed by atoms with Crippen molar-refractivity contribution in [1.29, 1.82) is 0 Å². The first kappa shape index (κ1) is 17.0. The van der Waals surface area contributed by atoms with E-state index in [2.05, 4.69) is 33.9 Å². The Morgan fingerprint density at radius 2 is 1.58 bits per heavy atom. The van der Waals surface area contributed by atoms with Crippen LogP contribution in [0.5, 0.6) is 0 Å². The highest BCUT2D eigenvalue weighted by Gasteiger charge is 2.13. The average Bonchev–Trinajstić information content (AvgIpc) is 3.15. The first-order valence-electron chi connectivity index (χ1n) is 8.54. The SMILES string of the molecule is O=S(=O)(NCCCc1ccc(N2CCCC2)cc1)c1ccccc1. The second-order valence-electron chi connectivity index (χ2n) is 6.17. The second-order valence-corrected chi connectivity index (χ2v) is 7.94. The summed E-state index contributed by atoms with van der Waals surface area (Å²) in [4.78, 5) is 2.73. The van der Waals surface area contributed by atoms with E-state index in [0.717, 1.165) is 25.9 Å². The van der Waals surface area contributed by atoms with E-state index in [0.29, 0.717) is 11.4 Å². The number of hydrogen-bond donors (Lipinski definition) is 1. The third-order valence-corrected chi connectivity index (χ3v) is 5.87. The third kappa shape index (κ3) is 4.36. The third-order valence-electron chi connectivity index (χ3n) is 4.40. The van der Waals surface area contributed by atoms with Gasteiger partial charge in [0.25, 0.3) is 0 Å². The maximum Gasteiger partial charge on any atom is 0.240 e. The fraction of sp³-hybridized carbons (Fsp3) is 0.368. The Morgan fingerprint density at radius 1 is 0.917 bits per heavy atom. The number of nitrogens with zero attached hydrogens (tertiary/aromatic N) is 1. The Kier molecular flexibility index (Phi) is 5.53. The number of hydrogen-bond acceptors (Lipinski definition) is 3. The quantitative estimate of drug-likeness (QED) is 0.785. The number of aryl methyl sites for hydroxylation is 1. The number of benzene rings is 2. The number of nitrogens with one attached hydrogen (secondary N) is 1. The van der Waals surface area contributed by atoms with Crippen molar-refractivity contribution in [3.63, 3.8) is 0 Å². The van der Waals surface area contributed by atoms with Gasteiger partial charge in [0, 0.05) is 25.3 Å². The zero-order valence-corrected chi connectivity index (χ0v) is 14.6. The molecule has 0 aromatic heterocycles. The Bertz CT molecular complexity index is 737. The molecule has 1 saturated heterocycles. The van der Waals surface area contributed by atoms with Crippen LogP contribution in [0.25, 0.3) is 0 Å². The van der Waals surface area contributed by atoms with Gasteiger partial charge in [-0.1, -0.05) is 30.3 Å². The van der Waals surface area contributed by atoms with Gasteiger partial charge in [-0.2, -0.15) is 0 Å². The van der Waals surface area contributed by atoms with Gasteiger partial charge in [0.1, 0.15) is 0 Å². The molecule has 4 nitrogen and oxygen atoms in total. The monoisotopic (exact) mass is 344 g/mol. The Morgan fingerprint density at radius 3 is 2.25 bits per heavy atom. The van der Waals surface area contributed by atoms with Crippen LogP contribution < -0.4 is 9.62 Å². The predicted octanol–water partition coefficient (Wildman–Crippen LogP) is 3.20. The van der Waals surface area contributed by atoms with Crippen molar-refractivity contribution < 1.29 is 8.42 Å². The van der Waals surface area contributed by atoms with Crippen molar-refractivity contribution in [1.82, 2.24) is 4.72 Å². The van der Waals surface area contributed by atoms with Gasteiger partial charge in [0.05, 0.1) is 4.90 Å². The zero-order valence-electron chi connectivity index (χ0n) is 13.8. The zero-order chi connectivity index (χ0) is 16.8. The molecule has 5 heteroatoms. The van der Waals surface area contributed by atoms with Crippen molar-refractivity contribution in [2.24, 2.45) is 0 Å². The van der Waals surface area contributed by atoms with Crippen LogP contribution in [0.15, 0.2) is 59.5 Å². The van der Waals surface area contributed by atoms with E-state index in [1.165, 1.54) is 24.1 Å². The standard InChI is InChI=1S/C19H24N2O2S/c22-24(23,19-8-2-1-3-9-19)20-14-6-7-17-10-12-18(13-11-17)21-15-4-5-16-21/h1-3,8-13,20H,4-7,14-16H2. The highest BCUT2D eigenvalue weighted by Crippen LogP contribution is 2.20. The molecule has 1 aliphatic heterocycles. The van der Waals surface area contributed by atoms with E-state index in [4.69, 9.17) is 0 Å². The lowest BCUT2D eigenvalue weighted by Crippen LogP contribution is -2.25. The van der Waals surface area contributed by atoms with E-state index >= 15 is 0 Å². The molecule has 2 aromatic rings.